The zero-order valence-electron chi connectivity index (χ0n) is 15.8. The van der Waals surface area contributed by atoms with E-state index in [2.05, 4.69) is 16.7 Å². The summed E-state index contributed by atoms with van der Waals surface area (Å²) in [4.78, 5) is 46.6. The number of carbonyl (C=O) groups is 3. The van der Waals surface area contributed by atoms with Crippen LogP contribution in [0.3, 0.4) is 0 Å². The Balaban J connectivity index is 1.60. The molecular weight excluding hydrogens is 344 g/mol. The van der Waals surface area contributed by atoms with Crippen LogP contribution < -0.4 is 4.90 Å². The standard InChI is InChI=1S/C20H26N4O3/c1-2-21-10-12-22(13-11-21)14-18(25)24-16-7-4-3-6-15(16)19(26)23-9-5-8-17(23)20(24)27/h3-4,6-7,17H,2,5,8-14H2,1H3/t17-/m1/s1. The van der Waals surface area contributed by atoms with Crippen molar-refractivity contribution in [2.75, 3.05) is 50.7 Å². The lowest BCUT2D eigenvalue weighted by atomic mass is 10.1. The van der Waals surface area contributed by atoms with Crippen molar-refractivity contribution in [2.45, 2.75) is 25.8 Å². The van der Waals surface area contributed by atoms with Gasteiger partial charge >= 0.3 is 0 Å². The Hall–Kier alpha value is -2.25. The predicted molar refractivity (Wildman–Crippen MR) is 102 cm³/mol. The SMILES string of the molecule is CCN1CCN(CC(=O)N2C(=O)[C@H]3CCCN3C(=O)c3ccccc32)CC1. The number of amides is 3. The maximum atomic E-state index is 13.2. The van der Waals surface area contributed by atoms with E-state index in [1.165, 1.54) is 4.90 Å². The van der Waals surface area contributed by atoms with Gasteiger partial charge < -0.3 is 9.80 Å². The van der Waals surface area contributed by atoms with Crippen LogP contribution in [0.1, 0.15) is 30.1 Å². The number of benzene rings is 1. The number of para-hydroxylation sites is 1. The van der Waals surface area contributed by atoms with E-state index in [0.717, 1.165) is 39.1 Å². The minimum absolute atomic E-state index is 0.145. The molecule has 144 valence electrons. The van der Waals surface area contributed by atoms with E-state index >= 15 is 0 Å². The summed E-state index contributed by atoms with van der Waals surface area (Å²) in [7, 11) is 0. The molecule has 3 aliphatic rings. The Kier molecular flexibility index (Phi) is 4.97. The molecule has 27 heavy (non-hydrogen) atoms. The van der Waals surface area contributed by atoms with Gasteiger partial charge in [-0.3, -0.25) is 19.3 Å². The first-order valence-electron chi connectivity index (χ1n) is 9.81. The van der Waals surface area contributed by atoms with Gasteiger partial charge in [-0.15, -0.1) is 0 Å². The number of hydrogen-bond acceptors (Lipinski definition) is 5. The highest BCUT2D eigenvalue weighted by Gasteiger charge is 2.44. The van der Waals surface area contributed by atoms with Gasteiger partial charge in [0, 0.05) is 32.7 Å². The Morgan fingerprint density at radius 1 is 1.04 bits per heavy atom. The third kappa shape index (κ3) is 3.26. The van der Waals surface area contributed by atoms with Crippen molar-refractivity contribution in [1.29, 1.82) is 0 Å². The van der Waals surface area contributed by atoms with Gasteiger partial charge in [0.25, 0.3) is 11.8 Å². The lowest BCUT2D eigenvalue weighted by molar-refractivity contribution is -0.129. The summed E-state index contributed by atoms with van der Waals surface area (Å²) in [5.41, 5.74) is 0.874. The Morgan fingerprint density at radius 3 is 2.48 bits per heavy atom. The summed E-state index contributed by atoms with van der Waals surface area (Å²) in [5.74, 6) is -0.643. The largest absolute Gasteiger partial charge is 0.327 e. The highest BCUT2D eigenvalue weighted by Crippen LogP contribution is 2.32. The van der Waals surface area contributed by atoms with Crippen molar-refractivity contribution in [2.24, 2.45) is 0 Å². The second kappa shape index (κ2) is 7.40. The maximum absolute atomic E-state index is 13.2. The highest BCUT2D eigenvalue weighted by atomic mass is 16.2. The monoisotopic (exact) mass is 370 g/mol. The van der Waals surface area contributed by atoms with E-state index in [1.54, 1.807) is 29.2 Å². The molecule has 7 nitrogen and oxygen atoms in total. The number of piperazine rings is 1. The number of imide groups is 1. The van der Waals surface area contributed by atoms with Gasteiger partial charge in [-0.2, -0.15) is 0 Å². The summed E-state index contributed by atoms with van der Waals surface area (Å²) in [5, 5.41) is 0. The van der Waals surface area contributed by atoms with Crippen molar-refractivity contribution < 1.29 is 14.4 Å². The molecule has 3 heterocycles. The fraction of sp³-hybridized carbons (Fsp3) is 0.550. The summed E-state index contributed by atoms with van der Waals surface area (Å²) in [6.07, 6.45) is 1.42. The number of carbonyl (C=O) groups excluding carboxylic acids is 3. The Bertz CT molecular complexity index is 757. The van der Waals surface area contributed by atoms with Crippen LogP contribution in [0.2, 0.25) is 0 Å². The Morgan fingerprint density at radius 2 is 1.74 bits per heavy atom. The number of likely N-dealkylation sites (N-methyl/N-ethyl adjacent to an activating group) is 1. The number of anilines is 1. The molecule has 2 saturated heterocycles. The molecule has 0 saturated carbocycles. The minimum Gasteiger partial charge on any atom is -0.327 e. The minimum atomic E-state index is -0.522. The van der Waals surface area contributed by atoms with E-state index in [4.69, 9.17) is 0 Å². The molecule has 0 aromatic heterocycles. The van der Waals surface area contributed by atoms with Crippen LogP contribution in [0.25, 0.3) is 0 Å². The molecule has 0 aliphatic carbocycles. The molecule has 1 aromatic carbocycles. The zero-order valence-corrected chi connectivity index (χ0v) is 15.8. The lowest BCUT2D eigenvalue weighted by Gasteiger charge is -2.34. The highest BCUT2D eigenvalue weighted by molar-refractivity contribution is 6.22. The van der Waals surface area contributed by atoms with Gasteiger partial charge in [-0.1, -0.05) is 19.1 Å². The molecule has 3 aliphatic heterocycles. The van der Waals surface area contributed by atoms with Gasteiger partial charge in [-0.05, 0) is 31.5 Å². The average Bonchev–Trinajstić information content (AvgIpc) is 3.15. The van der Waals surface area contributed by atoms with Crippen LogP contribution in [-0.2, 0) is 9.59 Å². The van der Waals surface area contributed by atoms with Crippen molar-refractivity contribution in [1.82, 2.24) is 14.7 Å². The molecule has 0 N–H and O–H groups in total. The van der Waals surface area contributed by atoms with Crippen LogP contribution in [0.4, 0.5) is 5.69 Å². The number of rotatable bonds is 3. The first-order valence-corrected chi connectivity index (χ1v) is 9.81. The molecule has 7 heteroatoms. The van der Waals surface area contributed by atoms with Crippen molar-refractivity contribution in [3.8, 4) is 0 Å². The first kappa shape index (κ1) is 18.1. The third-order valence-corrected chi connectivity index (χ3v) is 5.91. The fourth-order valence-electron chi connectivity index (χ4n) is 4.32. The van der Waals surface area contributed by atoms with Crippen molar-refractivity contribution >= 4 is 23.4 Å². The third-order valence-electron chi connectivity index (χ3n) is 5.91. The van der Waals surface area contributed by atoms with Gasteiger partial charge in [0.15, 0.2) is 0 Å². The second-order valence-electron chi connectivity index (χ2n) is 7.45. The number of nitrogens with zero attached hydrogens (tertiary/aromatic N) is 4. The molecule has 0 unspecified atom stereocenters. The predicted octanol–water partition coefficient (Wildman–Crippen LogP) is 0.802. The van der Waals surface area contributed by atoms with E-state index < -0.39 is 6.04 Å². The summed E-state index contributed by atoms with van der Waals surface area (Å²) >= 11 is 0. The number of hydrogen-bond donors (Lipinski definition) is 0. The molecule has 1 aromatic rings. The summed E-state index contributed by atoms with van der Waals surface area (Å²) < 4.78 is 0. The topological polar surface area (TPSA) is 64.2 Å². The van der Waals surface area contributed by atoms with Crippen LogP contribution >= 0.6 is 0 Å². The lowest BCUT2D eigenvalue weighted by Crippen LogP contribution is -2.53. The molecule has 0 bridgehead atoms. The molecule has 2 fully saturated rings. The van der Waals surface area contributed by atoms with Gasteiger partial charge in [-0.25, -0.2) is 4.90 Å². The van der Waals surface area contributed by atoms with Crippen molar-refractivity contribution in [3.05, 3.63) is 29.8 Å². The molecule has 0 radical (unpaired) electrons. The smallest absolute Gasteiger partial charge is 0.256 e. The fourth-order valence-corrected chi connectivity index (χ4v) is 4.32. The zero-order chi connectivity index (χ0) is 19.0. The average molecular weight is 370 g/mol. The molecule has 1 atom stereocenters. The van der Waals surface area contributed by atoms with Crippen LogP contribution in [0.15, 0.2) is 24.3 Å². The molecule has 4 rings (SSSR count). The maximum Gasteiger partial charge on any atom is 0.256 e. The van der Waals surface area contributed by atoms with Gasteiger partial charge in [0.1, 0.15) is 6.04 Å². The Labute approximate surface area is 159 Å². The molecule has 0 spiro atoms. The summed E-state index contributed by atoms with van der Waals surface area (Å²) in [6, 6.07) is 6.46. The second-order valence-corrected chi connectivity index (χ2v) is 7.45. The molecule has 3 amide bonds. The van der Waals surface area contributed by atoms with E-state index in [1.807, 2.05) is 0 Å². The molecular formula is C20H26N4O3. The van der Waals surface area contributed by atoms with Crippen molar-refractivity contribution in [3.63, 3.8) is 0 Å². The van der Waals surface area contributed by atoms with E-state index in [0.29, 0.717) is 24.2 Å². The first-order chi connectivity index (χ1) is 13.1. The van der Waals surface area contributed by atoms with E-state index in [9.17, 15) is 14.4 Å². The van der Waals surface area contributed by atoms with Gasteiger partial charge in [0.2, 0.25) is 5.91 Å². The quantitative estimate of drug-likeness (QED) is 0.788. The van der Waals surface area contributed by atoms with Crippen LogP contribution in [0, 0.1) is 0 Å². The summed E-state index contributed by atoms with van der Waals surface area (Å²) in [6.45, 7) is 7.43. The normalized spacial score (nSPS) is 24.0. The van der Waals surface area contributed by atoms with Crippen LogP contribution in [-0.4, -0.2) is 84.3 Å². The van der Waals surface area contributed by atoms with Gasteiger partial charge in [0.05, 0.1) is 17.8 Å². The van der Waals surface area contributed by atoms with E-state index in [-0.39, 0.29) is 24.3 Å². The number of fused-ring (bicyclic) bond motifs is 2. The van der Waals surface area contributed by atoms with Crippen LogP contribution in [0.5, 0.6) is 0 Å².